The highest BCUT2D eigenvalue weighted by Gasteiger charge is 2.62. The highest BCUT2D eigenvalue weighted by Crippen LogP contribution is 2.34. The Morgan fingerprint density at radius 1 is 0.691 bits per heavy atom. The van der Waals surface area contributed by atoms with E-state index in [1.165, 1.54) is 116 Å². The van der Waals surface area contributed by atoms with Crippen LogP contribution in [0, 0.1) is 0 Å². The highest BCUT2D eigenvalue weighted by atomic mass is 16.7. The SMILES string of the molecule is CCCCCCCCCCCCCCOCC(CO[C@]1(C(=O)O)O[C@@H]([C@H](O)[C@H](O)CO)[C@H](NC(C)=O)[C@@H](O)[C@@H]1O)OCCCCCCCCCCCCCC. The zero-order valence-electron chi connectivity index (χ0n) is 34.7. The van der Waals surface area contributed by atoms with Crippen molar-refractivity contribution in [3.05, 3.63) is 0 Å². The molecule has 1 aliphatic rings. The first-order chi connectivity index (χ1) is 26.5. The fourth-order valence-corrected chi connectivity index (χ4v) is 7.14. The van der Waals surface area contributed by atoms with E-state index >= 15 is 0 Å². The Kier molecular flexibility index (Phi) is 30.5. The van der Waals surface area contributed by atoms with E-state index in [9.17, 15) is 40.2 Å². The molecule has 0 saturated carbocycles. The number of hydrogen-bond acceptors (Lipinski definition) is 11. The zero-order valence-corrected chi connectivity index (χ0v) is 34.7. The van der Waals surface area contributed by atoms with Crippen molar-refractivity contribution in [2.45, 2.75) is 223 Å². The van der Waals surface area contributed by atoms with Gasteiger partial charge in [0, 0.05) is 20.1 Å². The van der Waals surface area contributed by atoms with Crippen molar-refractivity contribution in [1.82, 2.24) is 5.32 Å². The molecule has 0 radical (unpaired) electrons. The molecule has 1 fully saturated rings. The van der Waals surface area contributed by atoms with Gasteiger partial charge in [-0.2, -0.15) is 0 Å². The highest BCUT2D eigenvalue weighted by molar-refractivity contribution is 5.77. The summed E-state index contributed by atoms with van der Waals surface area (Å²) in [5.74, 6) is -5.37. The van der Waals surface area contributed by atoms with Crippen LogP contribution in [0.5, 0.6) is 0 Å². The molecule has 0 aromatic carbocycles. The predicted molar refractivity (Wildman–Crippen MR) is 213 cm³/mol. The molecule has 0 aromatic heterocycles. The number of aliphatic carboxylic acids is 1. The lowest BCUT2D eigenvalue weighted by atomic mass is 9.86. The molecule has 13 nitrogen and oxygen atoms in total. The number of aliphatic hydroxyl groups excluding tert-OH is 5. The molecule has 13 heteroatoms. The number of carboxylic acids is 1. The lowest BCUT2D eigenvalue weighted by Crippen LogP contribution is -2.74. The molecule has 1 saturated heterocycles. The van der Waals surface area contributed by atoms with Crippen LogP contribution in [0.4, 0.5) is 0 Å². The van der Waals surface area contributed by atoms with E-state index in [-0.39, 0.29) is 6.61 Å². The molecular weight excluding hydrogens is 710 g/mol. The van der Waals surface area contributed by atoms with E-state index in [4.69, 9.17) is 18.9 Å². The van der Waals surface area contributed by atoms with E-state index in [1.54, 1.807) is 0 Å². The standard InChI is InChI=1S/C42H81NO12/c1-4-6-8-10-12-14-16-18-20-22-24-26-28-52-31-34(53-29-27-25-23-21-19-17-15-13-11-9-7-5-2)32-54-42(41(50)51)40(49)38(48)36(43-33(3)45)39(55-42)37(47)35(46)30-44/h34-40,44,46-49H,4-32H2,1-3H3,(H,43,45)(H,50,51)/t34?,35-,36-,37-,38-,39-,40+,42+/m1/s1. The van der Waals surface area contributed by atoms with Crippen molar-refractivity contribution >= 4 is 11.9 Å². The first-order valence-corrected chi connectivity index (χ1v) is 21.9. The van der Waals surface area contributed by atoms with Crippen molar-refractivity contribution in [2.24, 2.45) is 0 Å². The minimum absolute atomic E-state index is 0.0917. The van der Waals surface area contributed by atoms with Gasteiger partial charge < -0.3 is 54.9 Å². The van der Waals surface area contributed by atoms with E-state index < -0.39 is 73.5 Å². The van der Waals surface area contributed by atoms with Gasteiger partial charge >= 0.3 is 5.97 Å². The van der Waals surface area contributed by atoms with Gasteiger partial charge in [-0.3, -0.25) is 4.79 Å². The van der Waals surface area contributed by atoms with Gasteiger partial charge in [-0.05, 0) is 12.8 Å². The lowest BCUT2D eigenvalue weighted by Gasteiger charge is -2.49. The number of rotatable bonds is 37. The van der Waals surface area contributed by atoms with Gasteiger partial charge in [0.05, 0.1) is 25.9 Å². The maximum absolute atomic E-state index is 12.7. The molecule has 55 heavy (non-hydrogen) atoms. The molecule has 1 aliphatic heterocycles. The van der Waals surface area contributed by atoms with Gasteiger partial charge in [-0.15, -0.1) is 0 Å². The summed E-state index contributed by atoms with van der Waals surface area (Å²) in [4.78, 5) is 24.6. The number of ether oxygens (including phenoxy) is 4. The van der Waals surface area contributed by atoms with Gasteiger partial charge in [-0.1, -0.05) is 155 Å². The summed E-state index contributed by atoms with van der Waals surface area (Å²) in [6.45, 7) is 5.24. The smallest absolute Gasteiger partial charge is 0.367 e. The number of carbonyl (C=O) groups is 2. The summed E-state index contributed by atoms with van der Waals surface area (Å²) < 4.78 is 23.5. The monoisotopic (exact) mass is 792 g/mol. The van der Waals surface area contributed by atoms with Crippen LogP contribution >= 0.6 is 0 Å². The molecule has 1 heterocycles. The molecule has 0 bridgehead atoms. The average molecular weight is 792 g/mol. The maximum Gasteiger partial charge on any atom is 0.367 e. The molecule has 0 aliphatic carbocycles. The normalized spacial score (nSPS) is 23.1. The first kappa shape index (κ1) is 51.6. The van der Waals surface area contributed by atoms with Crippen molar-refractivity contribution in [2.75, 3.05) is 33.0 Å². The molecule has 7 N–H and O–H groups in total. The number of aliphatic hydroxyl groups is 5. The third-order valence-corrected chi connectivity index (χ3v) is 10.6. The van der Waals surface area contributed by atoms with Gasteiger partial charge in [0.15, 0.2) is 0 Å². The molecule has 1 amide bonds. The Morgan fingerprint density at radius 3 is 1.55 bits per heavy atom. The lowest BCUT2D eigenvalue weighted by molar-refractivity contribution is -0.351. The Bertz CT molecular complexity index is 944. The first-order valence-electron chi connectivity index (χ1n) is 21.9. The summed E-state index contributed by atoms with van der Waals surface area (Å²) in [6, 6.07) is -1.53. The zero-order chi connectivity index (χ0) is 40.7. The van der Waals surface area contributed by atoms with Crippen LogP contribution in [0.15, 0.2) is 0 Å². The van der Waals surface area contributed by atoms with Crippen LogP contribution in [-0.2, 0) is 28.5 Å². The number of unbranched alkanes of at least 4 members (excludes halogenated alkanes) is 22. The van der Waals surface area contributed by atoms with Crippen LogP contribution in [0.1, 0.15) is 175 Å². The topological polar surface area (TPSA) is 204 Å². The third-order valence-electron chi connectivity index (χ3n) is 10.6. The fourth-order valence-electron chi connectivity index (χ4n) is 7.14. The van der Waals surface area contributed by atoms with Crippen molar-refractivity contribution < 1.29 is 59.2 Å². The average Bonchev–Trinajstić information content (AvgIpc) is 3.17. The van der Waals surface area contributed by atoms with Crippen LogP contribution in [0.25, 0.3) is 0 Å². The van der Waals surface area contributed by atoms with Crippen LogP contribution in [0.3, 0.4) is 0 Å². The summed E-state index contributed by atoms with van der Waals surface area (Å²) in [7, 11) is 0. The Labute approximate surface area is 332 Å². The second-order valence-corrected chi connectivity index (χ2v) is 15.6. The van der Waals surface area contributed by atoms with E-state index in [0.717, 1.165) is 45.4 Å². The number of hydrogen-bond donors (Lipinski definition) is 7. The summed E-state index contributed by atoms with van der Waals surface area (Å²) in [5, 5.41) is 65.0. The quantitative estimate of drug-likeness (QED) is 0.0366. The summed E-state index contributed by atoms with van der Waals surface area (Å²) >= 11 is 0. The third kappa shape index (κ3) is 21.8. The van der Waals surface area contributed by atoms with Gasteiger partial charge in [0.2, 0.25) is 5.91 Å². The predicted octanol–water partition coefficient (Wildman–Crippen LogP) is 5.93. The fraction of sp³-hybridized carbons (Fsp3) is 0.952. The van der Waals surface area contributed by atoms with Crippen molar-refractivity contribution in [3.8, 4) is 0 Å². The van der Waals surface area contributed by atoms with Gasteiger partial charge in [-0.25, -0.2) is 4.79 Å². The molecule has 0 spiro atoms. The van der Waals surface area contributed by atoms with E-state index in [1.807, 2.05) is 0 Å². The van der Waals surface area contributed by atoms with Crippen LogP contribution in [0.2, 0.25) is 0 Å². The van der Waals surface area contributed by atoms with Crippen LogP contribution < -0.4 is 5.32 Å². The molecular formula is C42H81NO12. The number of nitrogens with one attached hydrogen (secondary N) is 1. The Balaban J connectivity index is 2.74. The number of carbonyl (C=O) groups excluding carboxylic acids is 1. The van der Waals surface area contributed by atoms with Crippen LogP contribution in [-0.4, -0.2) is 124 Å². The van der Waals surface area contributed by atoms with E-state index in [2.05, 4.69) is 19.2 Å². The van der Waals surface area contributed by atoms with Crippen molar-refractivity contribution in [3.63, 3.8) is 0 Å². The van der Waals surface area contributed by atoms with Crippen molar-refractivity contribution in [1.29, 1.82) is 0 Å². The summed E-state index contributed by atoms with van der Waals surface area (Å²) in [5.41, 5.74) is 0. The minimum atomic E-state index is -2.90. The molecule has 1 unspecified atom stereocenters. The minimum Gasteiger partial charge on any atom is -0.477 e. The Hall–Kier alpha value is -1.42. The largest absolute Gasteiger partial charge is 0.477 e. The van der Waals surface area contributed by atoms with E-state index in [0.29, 0.717) is 13.2 Å². The molecule has 8 atom stereocenters. The van der Waals surface area contributed by atoms with Gasteiger partial charge in [0.25, 0.3) is 5.79 Å². The second kappa shape index (κ2) is 32.5. The van der Waals surface area contributed by atoms with Gasteiger partial charge in [0.1, 0.15) is 36.6 Å². The molecule has 326 valence electrons. The molecule has 1 rings (SSSR count). The maximum atomic E-state index is 12.7. The summed E-state index contributed by atoms with van der Waals surface area (Å²) in [6.07, 6.45) is 18.6. The second-order valence-electron chi connectivity index (χ2n) is 15.6. The number of amides is 1. The molecule has 0 aromatic rings. The Morgan fingerprint density at radius 2 is 1.13 bits per heavy atom. The number of carboxylic acid groups (broad SMARTS) is 1.